The summed E-state index contributed by atoms with van der Waals surface area (Å²) < 4.78 is 39.1. The molecule has 186 valence electrons. The third-order valence-electron chi connectivity index (χ3n) is 5.27. The quantitative estimate of drug-likeness (QED) is 0.354. The third-order valence-corrected chi connectivity index (χ3v) is 7.06. The molecule has 0 spiro atoms. The fourth-order valence-electron chi connectivity index (χ4n) is 3.61. The van der Waals surface area contributed by atoms with Crippen LogP contribution in [0.5, 0.6) is 11.5 Å². The van der Waals surface area contributed by atoms with Crippen molar-refractivity contribution >= 4 is 21.6 Å². The zero-order chi connectivity index (χ0) is 25.1. The van der Waals surface area contributed by atoms with Crippen LogP contribution in [-0.4, -0.2) is 40.6 Å². The highest BCUT2D eigenvalue weighted by Gasteiger charge is 2.27. The number of hydrogen-bond acceptors (Lipinski definition) is 5. The molecule has 3 rings (SSSR count). The van der Waals surface area contributed by atoms with Gasteiger partial charge < -0.3 is 14.8 Å². The summed E-state index contributed by atoms with van der Waals surface area (Å²) in [7, 11) is -3.97. The van der Waals surface area contributed by atoms with E-state index in [2.05, 4.69) is 5.32 Å². The van der Waals surface area contributed by atoms with E-state index in [0.717, 1.165) is 22.0 Å². The van der Waals surface area contributed by atoms with Gasteiger partial charge in [0.1, 0.15) is 18.0 Å². The van der Waals surface area contributed by atoms with Gasteiger partial charge in [0.05, 0.1) is 23.8 Å². The molecule has 35 heavy (non-hydrogen) atoms. The average Bonchev–Trinajstić information content (AvgIpc) is 2.87. The van der Waals surface area contributed by atoms with Crippen molar-refractivity contribution in [2.75, 3.05) is 30.6 Å². The number of ether oxygens (including phenoxy) is 2. The molecule has 3 aromatic rings. The summed E-state index contributed by atoms with van der Waals surface area (Å²) in [5.41, 5.74) is 1.50. The number of aryl methyl sites for hydroxylation is 1. The second kappa shape index (κ2) is 12.8. The lowest BCUT2D eigenvalue weighted by Gasteiger charge is -2.24. The number of nitrogens with zero attached hydrogens (tertiary/aromatic N) is 1. The number of sulfonamides is 1. The molecule has 0 bridgehead atoms. The Hall–Kier alpha value is -3.52. The largest absolute Gasteiger partial charge is 0.494 e. The smallest absolute Gasteiger partial charge is 0.264 e. The van der Waals surface area contributed by atoms with Gasteiger partial charge in [-0.3, -0.25) is 9.10 Å². The molecule has 8 heteroatoms. The maximum Gasteiger partial charge on any atom is 0.264 e. The molecule has 0 radical (unpaired) electrons. The van der Waals surface area contributed by atoms with Crippen LogP contribution in [0.3, 0.4) is 0 Å². The number of para-hydroxylation sites is 2. The van der Waals surface area contributed by atoms with E-state index in [1.807, 2.05) is 38.1 Å². The Morgan fingerprint density at radius 3 is 2.20 bits per heavy atom. The third kappa shape index (κ3) is 7.23. The normalized spacial score (nSPS) is 11.0. The number of benzene rings is 3. The molecule has 0 saturated carbocycles. The van der Waals surface area contributed by atoms with E-state index in [1.54, 1.807) is 42.5 Å². The second-order valence-corrected chi connectivity index (χ2v) is 9.61. The van der Waals surface area contributed by atoms with Gasteiger partial charge in [0.15, 0.2) is 0 Å². The molecule has 1 N–H and O–H groups in total. The molecular formula is C27H32N2O5S. The van der Waals surface area contributed by atoms with E-state index < -0.39 is 10.0 Å². The van der Waals surface area contributed by atoms with E-state index in [1.165, 1.54) is 12.1 Å². The SMILES string of the molecule is CCOc1ccc(S(=O)(=O)N(CC(=O)NCCCc2ccccc2OCC)c2ccccc2)cc1. The van der Waals surface area contributed by atoms with Crippen molar-refractivity contribution < 1.29 is 22.7 Å². The van der Waals surface area contributed by atoms with Crippen LogP contribution in [0.25, 0.3) is 0 Å². The monoisotopic (exact) mass is 496 g/mol. The molecule has 0 aliphatic carbocycles. The van der Waals surface area contributed by atoms with Crippen LogP contribution in [0, 0.1) is 0 Å². The number of amides is 1. The zero-order valence-corrected chi connectivity index (χ0v) is 21.0. The number of carbonyl (C=O) groups excluding carboxylic acids is 1. The van der Waals surface area contributed by atoms with Gasteiger partial charge in [-0.1, -0.05) is 36.4 Å². The van der Waals surface area contributed by atoms with Gasteiger partial charge in [0.25, 0.3) is 10.0 Å². The van der Waals surface area contributed by atoms with Gasteiger partial charge in [-0.05, 0) is 74.7 Å². The van der Waals surface area contributed by atoms with Crippen molar-refractivity contribution in [3.63, 3.8) is 0 Å². The van der Waals surface area contributed by atoms with E-state index in [4.69, 9.17) is 9.47 Å². The Kier molecular flexibility index (Phi) is 9.55. The van der Waals surface area contributed by atoms with Gasteiger partial charge in [0, 0.05) is 6.54 Å². The van der Waals surface area contributed by atoms with Crippen LogP contribution in [0.15, 0.2) is 83.8 Å². The highest BCUT2D eigenvalue weighted by Crippen LogP contribution is 2.25. The van der Waals surface area contributed by atoms with Crippen LogP contribution >= 0.6 is 0 Å². The Balaban J connectivity index is 1.67. The molecule has 3 aromatic carbocycles. The molecule has 0 aliphatic rings. The number of rotatable bonds is 13. The van der Waals surface area contributed by atoms with Crippen molar-refractivity contribution in [2.45, 2.75) is 31.6 Å². The predicted octanol–water partition coefficient (Wildman–Crippen LogP) is 4.43. The molecule has 0 heterocycles. The number of anilines is 1. The predicted molar refractivity (Wildman–Crippen MR) is 138 cm³/mol. The molecular weight excluding hydrogens is 464 g/mol. The molecule has 1 amide bonds. The van der Waals surface area contributed by atoms with Crippen molar-refractivity contribution in [3.05, 3.63) is 84.4 Å². The minimum absolute atomic E-state index is 0.0881. The fourth-order valence-corrected chi connectivity index (χ4v) is 5.03. The number of nitrogens with one attached hydrogen (secondary N) is 1. The Morgan fingerprint density at radius 1 is 0.857 bits per heavy atom. The minimum atomic E-state index is -3.97. The first kappa shape index (κ1) is 26.1. The first-order chi connectivity index (χ1) is 17.0. The molecule has 0 aromatic heterocycles. The van der Waals surface area contributed by atoms with Crippen LogP contribution in [0.2, 0.25) is 0 Å². The first-order valence-corrected chi connectivity index (χ1v) is 13.2. The minimum Gasteiger partial charge on any atom is -0.494 e. The highest BCUT2D eigenvalue weighted by atomic mass is 32.2. The molecule has 0 aliphatic heterocycles. The molecule has 0 unspecified atom stereocenters. The van der Waals surface area contributed by atoms with Crippen LogP contribution in [0.4, 0.5) is 5.69 Å². The summed E-state index contributed by atoms with van der Waals surface area (Å²) in [6, 6.07) is 22.6. The zero-order valence-electron chi connectivity index (χ0n) is 20.1. The van der Waals surface area contributed by atoms with Gasteiger partial charge in [-0.2, -0.15) is 0 Å². The summed E-state index contributed by atoms with van der Waals surface area (Å²) >= 11 is 0. The Morgan fingerprint density at radius 2 is 1.51 bits per heavy atom. The molecule has 7 nitrogen and oxygen atoms in total. The van der Waals surface area contributed by atoms with E-state index >= 15 is 0 Å². The standard InChI is InChI=1S/C27H32N2O5S/c1-3-33-24-16-18-25(19-17-24)35(31,32)29(23-13-6-5-7-14-23)21-27(30)28-20-10-12-22-11-8-9-15-26(22)34-4-2/h5-9,11,13-19H,3-4,10,12,20-21H2,1-2H3,(H,28,30). The lowest BCUT2D eigenvalue weighted by atomic mass is 10.1. The first-order valence-electron chi connectivity index (χ1n) is 11.7. The van der Waals surface area contributed by atoms with E-state index in [0.29, 0.717) is 37.6 Å². The van der Waals surface area contributed by atoms with Crippen molar-refractivity contribution in [3.8, 4) is 11.5 Å². The second-order valence-electron chi connectivity index (χ2n) is 7.75. The maximum atomic E-state index is 13.4. The van der Waals surface area contributed by atoms with Crippen LogP contribution in [0.1, 0.15) is 25.8 Å². The summed E-state index contributed by atoms with van der Waals surface area (Å²) in [4.78, 5) is 12.9. The van der Waals surface area contributed by atoms with Crippen molar-refractivity contribution in [2.24, 2.45) is 0 Å². The highest BCUT2D eigenvalue weighted by molar-refractivity contribution is 7.92. The summed E-state index contributed by atoms with van der Waals surface area (Å²) in [6.07, 6.45) is 1.44. The van der Waals surface area contributed by atoms with E-state index in [-0.39, 0.29) is 17.3 Å². The molecule has 0 fully saturated rings. The molecule has 0 saturated heterocycles. The summed E-state index contributed by atoms with van der Waals surface area (Å²) in [6.45, 7) is 4.97. The molecule has 0 atom stereocenters. The van der Waals surface area contributed by atoms with Crippen LogP contribution < -0.4 is 19.1 Å². The number of carbonyl (C=O) groups is 1. The van der Waals surface area contributed by atoms with Crippen molar-refractivity contribution in [1.82, 2.24) is 5.32 Å². The summed E-state index contributed by atoms with van der Waals surface area (Å²) in [5.74, 6) is 1.06. The van der Waals surface area contributed by atoms with Gasteiger partial charge in [0.2, 0.25) is 5.91 Å². The van der Waals surface area contributed by atoms with E-state index in [9.17, 15) is 13.2 Å². The fraction of sp³-hybridized carbons (Fsp3) is 0.296. The van der Waals surface area contributed by atoms with Crippen LogP contribution in [-0.2, 0) is 21.2 Å². The van der Waals surface area contributed by atoms with Gasteiger partial charge in [-0.25, -0.2) is 8.42 Å². The van der Waals surface area contributed by atoms with Gasteiger partial charge >= 0.3 is 0 Å². The Labute approximate surface area is 207 Å². The average molecular weight is 497 g/mol. The lowest BCUT2D eigenvalue weighted by Crippen LogP contribution is -2.41. The maximum absolute atomic E-state index is 13.4. The lowest BCUT2D eigenvalue weighted by molar-refractivity contribution is -0.119. The number of hydrogen-bond donors (Lipinski definition) is 1. The summed E-state index contributed by atoms with van der Waals surface area (Å²) in [5, 5.41) is 2.85. The van der Waals surface area contributed by atoms with Gasteiger partial charge in [-0.15, -0.1) is 0 Å². The Bertz CT molecular complexity index is 1180. The van der Waals surface area contributed by atoms with Crippen molar-refractivity contribution in [1.29, 1.82) is 0 Å². The topological polar surface area (TPSA) is 84.9 Å².